The van der Waals surface area contributed by atoms with Crippen LogP contribution in [-0.4, -0.2) is 29.2 Å². The van der Waals surface area contributed by atoms with Crippen LogP contribution in [0.25, 0.3) is 0 Å². The highest BCUT2D eigenvalue weighted by Crippen LogP contribution is 2.07. The van der Waals surface area contributed by atoms with Gasteiger partial charge in [0.2, 0.25) is 0 Å². The summed E-state index contributed by atoms with van der Waals surface area (Å²) in [6, 6.07) is 1.73. The van der Waals surface area contributed by atoms with Gasteiger partial charge in [0, 0.05) is 19.2 Å². The summed E-state index contributed by atoms with van der Waals surface area (Å²) in [6.07, 6.45) is 1.23. The van der Waals surface area contributed by atoms with E-state index < -0.39 is 0 Å². The van der Waals surface area contributed by atoms with Gasteiger partial charge in [-0.05, 0) is 27.2 Å². The SMILES string of the molecule is Cc1nc(N)cc(NCCCOC(C)C)n1. The minimum Gasteiger partial charge on any atom is -0.384 e. The predicted molar refractivity (Wildman–Crippen MR) is 65.4 cm³/mol. The maximum atomic E-state index is 5.61. The first-order valence-electron chi connectivity index (χ1n) is 5.54. The molecule has 0 fully saturated rings. The van der Waals surface area contributed by atoms with Crippen LogP contribution < -0.4 is 11.1 Å². The Morgan fingerprint density at radius 2 is 2.19 bits per heavy atom. The summed E-state index contributed by atoms with van der Waals surface area (Å²) >= 11 is 0. The third-order valence-corrected chi connectivity index (χ3v) is 1.94. The van der Waals surface area contributed by atoms with E-state index in [4.69, 9.17) is 10.5 Å². The molecule has 0 aliphatic heterocycles. The number of anilines is 2. The molecule has 0 spiro atoms. The average molecular weight is 224 g/mol. The van der Waals surface area contributed by atoms with Crippen LogP contribution in [0.4, 0.5) is 11.6 Å². The number of nitrogens with zero attached hydrogens (tertiary/aromatic N) is 2. The van der Waals surface area contributed by atoms with Gasteiger partial charge in [0.15, 0.2) is 0 Å². The number of aryl methyl sites for hydroxylation is 1. The number of rotatable bonds is 6. The molecule has 0 unspecified atom stereocenters. The van der Waals surface area contributed by atoms with Gasteiger partial charge in [0.05, 0.1) is 6.10 Å². The van der Waals surface area contributed by atoms with Crippen LogP contribution in [0.5, 0.6) is 0 Å². The molecule has 0 aliphatic carbocycles. The van der Waals surface area contributed by atoms with Crippen LogP contribution in [0.3, 0.4) is 0 Å². The van der Waals surface area contributed by atoms with E-state index in [9.17, 15) is 0 Å². The molecule has 16 heavy (non-hydrogen) atoms. The van der Waals surface area contributed by atoms with Crippen molar-refractivity contribution in [3.05, 3.63) is 11.9 Å². The van der Waals surface area contributed by atoms with Crippen molar-refractivity contribution in [2.75, 3.05) is 24.2 Å². The molecule has 0 saturated heterocycles. The highest BCUT2D eigenvalue weighted by atomic mass is 16.5. The Hall–Kier alpha value is -1.36. The summed E-state index contributed by atoms with van der Waals surface area (Å²) in [5.74, 6) is 1.95. The van der Waals surface area contributed by atoms with E-state index in [-0.39, 0.29) is 6.10 Å². The van der Waals surface area contributed by atoms with Crippen LogP contribution >= 0.6 is 0 Å². The third kappa shape index (κ3) is 4.93. The maximum Gasteiger partial charge on any atom is 0.131 e. The fourth-order valence-electron chi connectivity index (χ4n) is 1.29. The summed E-state index contributed by atoms with van der Waals surface area (Å²) in [7, 11) is 0. The fraction of sp³-hybridized carbons (Fsp3) is 0.636. The van der Waals surface area contributed by atoms with Crippen molar-refractivity contribution < 1.29 is 4.74 Å². The molecule has 90 valence electrons. The molecule has 0 atom stereocenters. The lowest BCUT2D eigenvalue weighted by Gasteiger charge is -2.09. The number of hydrogen-bond donors (Lipinski definition) is 2. The first-order chi connectivity index (χ1) is 7.58. The van der Waals surface area contributed by atoms with Crippen LogP contribution in [0.15, 0.2) is 6.07 Å². The zero-order valence-electron chi connectivity index (χ0n) is 10.2. The second-order valence-corrected chi connectivity index (χ2v) is 3.93. The molecule has 5 nitrogen and oxygen atoms in total. The van der Waals surface area contributed by atoms with Crippen molar-refractivity contribution in [2.45, 2.75) is 33.3 Å². The van der Waals surface area contributed by atoms with E-state index in [1.807, 2.05) is 20.8 Å². The largest absolute Gasteiger partial charge is 0.384 e. The van der Waals surface area contributed by atoms with Gasteiger partial charge in [-0.2, -0.15) is 0 Å². The molecule has 0 saturated carbocycles. The molecule has 1 heterocycles. The summed E-state index contributed by atoms with van der Waals surface area (Å²) in [6.45, 7) is 7.46. The van der Waals surface area contributed by atoms with Gasteiger partial charge in [-0.15, -0.1) is 0 Å². The minimum atomic E-state index is 0.289. The minimum absolute atomic E-state index is 0.289. The Bertz CT molecular complexity index is 308. The Morgan fingerprint density at radius 1 is 1.44 bits per heavy atom. The molecule has 5 heteroatoms. The molecular weight excluding hydrogens is 204 g/mol. The van der Waals surface area contributed by atoms with Crippen molar-refractivity contribution in [3.8, 4) is 0 Å². The van der Waals surface area contributed by atoms with Gasteiger partial charge in [-0.3, -0.25) is 0 Å². The summed E-state index contributed by atoms with van der Waals surface area (Å²) < 4.78 is 5.43. The third-order valence-electron chi connectivity index (χ3n) is 1.94. The Labute approximate surface area is 96.4 Å². The summed E-state index contributed by atoms with van der Waals surface area (Å²) in [4.78, 5) is 8.23. The standard InChI is InChI=1S/C11H20N4O/c1-8(2)16-6-4-5-13-11-7-10(12)14-9(3)15-11/h7-8H,4-6H2,1-3H3,(H3,12,13,14,15). The zero-order valence-corrected chi connectivity index (χ0v) is 10.2. The number of hydrogen-bond acceptors (Lipinski definition) is 5. The molecule has 0 aliphatic rings. The molecule has 1 aromatic heterocycles. The lowest BCUT2D eigenvalue weighted by atomic mass is 10.4. The molecule has 1 aromatic rings. The van der Waals surface area contributed by atoms with Crippen LogP contribution in [0.1, 0.15) is 26.1 Å². The predicted octanol–water partition coefficient (Wildman–Crippen LogP) is 1.59. The van der Waals surface area contributed by atoms with Crippen molar-refractivity contribution in [1.82, 2.24) is 9.97 Å². The molecule has 0 amide bonds. The lowest BCUT2D eigenvalue weighted by molar-refractivity contribution is 0.0787. The molecule has 0 aromatic carbocycles. The van der Waals surface area contributed by atoms with Crippen molar-refractivity contribution in [3.63, 3.8) is 0 Å². The Balaban J connectivity index is 2.26. The van der Waals surface area contributed by atoms with Crippen LogP contribution in [-0.2, 0) is 4.74 Å². The monoisotopic (exact) mass is 224 g/mol. The number of nitrogens with two attached hydrogens (primary N) is 1. The summed E-state index contributed by atoms with van der Waals surface area (Å²) in [5.41, 5.74) is 5.61. The second kappa shape index (κ2) is 6.27. The Morgan fingerprint density at radius 3 is 2.81 bits per heavy atom. The lowest BCUT2D eigenvalue weighted by Crippen LogP contribution is -2.10. The van der Waals surface area contributed by atoms with Crippen molar-refractivity contribution in [2.24, 2.45) is 0 Å². The molecule has 1 rings (SSSR count). The van der Waals surface area contributed by atoms with Gasteiger partial charge >= 0.3 is 0 Å². The maximum absolute atomic E-state index is 5.61. The molecule has 0 bridgehead atoms. The van der Waals surface area contributed by atoms with E-state index in [0.717, 1.165) is 25.4 Å². The van der Waals surface area contributed by atoms with Gasteiger partial charge in [-0.25, -0.2) is 9.97 Å². The van der Waals surface area contributed by atoms with E-state index in [0.29, 0.717) is 11.6 Å². The number of nitrogens with one attached hydrogen (secondary N) is 1. The summed E-state index contributed by atoms with van der Waals surface area (Å²) in [5, 5.41) is 3.19. The number of aromatic nitrogens is 2. The molecular formula is C11H20N4O. The van der Waals surface area contributed by atoms with E-state index >= 15 is 0 Å². The van der Waals surface area contributed by atoms with Gasteiger partial charge < -0.3 is 15.8 Å². The molecule has 3 N–H and O–H groups in total. The Kier molecular flexibility index (Phi) is 4.98. The van der Waals surface area contributed by atoms with E-state index in [1.54, 1.807) is 6.07 Å². The van der Waals surface area contributed by atoms with Gasteiger partial charge in [0.25, 0.3) is 0 Å². The first kappa shape index (κ1) is 12.7. The smallest absolute Gasteiger partial charge is 0.131 e. The van der Waals surface area contributed by atoms with E-state index in [2.05, 4.69) is 15.3 Å². The average Bonchev–Trinajstić information content (AvgIpc) is 2.15. The normalized spacial score (nSPS) is 10.8. The van der Waals surface area contributed by atoms with Crippen molar-refractivity contribution in [1.29, 1.82) is 0 Å². The van der Waals surface area contributed by atoms with Crippen molar-refractivity contribution >= 4 is 11.6 Å². The second-order valence-electron chi connectivity index (χ2n) is 3.93. The van der Waals surface area contributed by atoms with Crippen LogP contribution in [0.2, 0.25) is 0 Å². The fourth-order valence-corrected chi connectivity index (χ4v) is 1.29. The quantitative estimate of drug-likeness (QED) is 0.718. The zero-order chi connectivity index (χ0) is 12.0. The highest BCUT2D eigenvalue weighted by molar-refractivity contribution is 5.44. The van der Waals surface area contributed by atoms with E-state index in [1.165, 1.54) is 0 Å². The first-order valence-corrected chi connectivity index (χ1v) is 5.54. The van der Waals surface area contributed by atoms with Crippen LogP contribution in [0, 0.1) is 6.92 Å². The number of ether oxygens (including phenoxy) is 1. The highest BCUT2D eigenvalue weighted by Gasteiger charge is 1.98. The van der Waals surface area contributed by atoms with Gasteiger partial charge in [-0.1, -0.05) is 0 Å². The van der Waals surface area contributed by atoms with Gasteiger partial charge in [0.1, 0.15) is 17.5 Å². The number of nitrogen functional groups attached to an aromatic ring is 1. The molecule has 0 radical (unpaired) electrons. The topological polar surface area (TPSA) is 73.1 Å².